The molecule has 1 heterocycles. The average Bonchev–Trinajstić information content (AvgIpc) is 2.48. The molecule has 0 N–H and O–H groups in total. The van der Waals surface area contributed by atoms with Crippen molar-refractivity contribution in [1.29, 1.82) is 0 Å². The van der Waals surface area contributed by atoms with E-state index < -0.39 is 0 Å². The number of rotatable bonds is 3. The molecule has 0 atom stereocenters. The lowest BCUT2D eigenvalue weighted by atomic mass is 10.1. The van der Waals surface area contributed by atoms with Crippen LogP contribution in [0.3, 0.4) is 0 Å². The normalized spacial score (nSPS) is 10.7. The second kappa shape index (κ2) is 5.29. The van der Waals surface area contributed by atoms with Gasteiger partial charge in [0, 0.05) is 11.6 Å². The van der Waals surface area contributed by atoms with Gasteiger partial charge in [-0.05, 0) is 48.4 Å². The highest BCUT2D eigenvalue weighted by Gasteiger charge is 2.04. The van der Waals surface area contributed by atoms with Gasteiger partial charge in [-0.1, -0.05) is 18.2 Å². The van der Waals surface area contributed by atoms with E-state index in [9.17, 15) is 4.39 Å². The molecule has 0 aliphatic heterocycles. The van der Waals surface area contributed by atoms with Crippen molar-refractivity contribution in [3.05, 3.63) is 71.7 Å². The van der Waals surface area contributed by atoms with Crippen LogP contribution in [0.15, 0.2) is 54.7 Å². The van der Waals surface area contributed by atoms with E-state index >= 15 is 0 Å². The molecule has 3 rings (SSSR count). The van der Waals surface area contributed by atoms with Gasteiger partial charge in [0.2, 0.25) is 0 Å². The number of fused-ring (bicyclic) bond motifs is 1. The molecule has 100 valence electrons. The minimum atomic E-state index is -0.335. The summed E-state index contributed by atoms with van der Waals surface area (Å²) in [7, 11) is 0. The number of hydrogen-bond donors (Lipinski definition) is 0. The molecule has 20 heavy (non-hydrogen) atoms. The summed E-state index contributed by atoms with van der Waals surface area (Å²) < 4.78 is 19.1. The van der Waals surface area contributed by atoms with Crippen LogP contribution in [0, 0.1) is 12.7 Å². The Kier molecular flexibility index (Phi) is 3.33. The van der Waals surface area contributed by atoms with Crippen LogP contribution >= 0.6 is 0 Å². The van der Waals surface area contributed by atoms with Gasteiger partial charge in [0.1, 0.15) is 6.61 Å². The summed E-state index contributed by atoms with van der Waals surface area (Å²) in [6.07, 6.45) is 1.76. The Morgan fingerprint density at radius 1 is 1.10 bits per heavy atom. The van der Waals surface area contributed by atoms with E-state index in [1.165, 1.54) is 6.07 Å². The molecule has 0 bridgehead atoms. The van der Waals surface area contributed by atoms with Gasteiger partial charge in [-0.3, -0.25) is 4.98 Å². The topological polar surface area (TPSA) is 22.1 Å². The lowest BCUT2D eigenvalue weighted by Crippen LogP contribution is -1.98. The number of hydrogen-bond acceptors (Lipinski definition) is 2. The fourth-order valence-electron chi connectivity index (χ4n) is 2.10. The summed E-state index contributed by atoms with van der Waals surface area (Å²) in [4.78, 5) is 4.27. The van der Waals surface area contributed by atoms with E-state index in [0.717, 1.165) is 22.0 Å². The highest BCUT2D eigenvalue weighted by molar-refractivity contribution is 5.78. The van der Waals surface area contributed by atoms with E-state index in [1.54, 1.807) is 18.3 Å². The second-order valence-corrected chi connectivity index (χ2v) is 4.75. The van der Waals surface area contributed by atoms with Gasteiger partial charge in [-0.25, -0.2) is 4.39 Å². The number of aromatic nitrogens is 1. The first-order valence-electron chi connectivity index (χ1n) is 6.45. The van der Waals surface area contributed by atoms with E-state index in [2.05, 4.69) is 4.98 Å². The monoisotopic (exact) mass is 267 g/mol. The van der Waals surface area contributed by atoms with Gasteiger partial charge in [0.05, 0.1) is 5.52 Å². The van der Waals surface area contributed by atoms with Crippen molar-refractivity contribution in [3.8, 4) is 5.75 Å². The Hall–Kier alpha value is -2.42. The van der Waals surface area contributed by atoms with Gasteiger partial charge in [0.25, 0.3) is 0 Å². The minimum Gasteiger partial charge on any atom is -0.486 e. The van der Waals surface area contributed by atoms with Crippen molar-refractivity contribution in [2.24, 2.45) is 0 Å². The maximum Gasteiger partial charge on any atom is 0.165 e. The molecule has 3 aromatic rings. The molecule has 3 heteroatoms. The zero-order valence-electron chi connectivity index (χ0n) is 11.1. The number of ether oxygens (including phenoxy) is 1. The average molecular weight is 267 g/mol. The molecule has 1 aromatic heterocycles. The zero-order chi connectivity index (χ0) is 13.9. The molecular weight excluding hydrogens is 253 g/mol. The molecule has 0 radical (unpaired) electrons. The quantitative estimate of drug-likeness (QED) is 0.707. The maximum atomic E-state index is 13.6. The summed E-state index contributed by atoms with van der Waals surface area (Å²) in [5.74, 6) is -0.0469. The lowest BCUT2D eigenvalue weighted by Gasteiger charge is -2.08. The second-order valence-electron chi connectivity index (χ2n) is 4.75. The number of aryl methyl sites for hydroxylation is 1. The Morgan fingerprint density at radius 2 is 2.00 bits per heavy atom. The van der Waals surface area contributed by atoms with Gasteiger partial charge in [0.15, 0.2) is 11.6 Å². The van der Waals surface area contributed by atoms with Crippen molar-refractivity contribution in [2.45, 2.75) is 13.5 Å². The van der Waals surface area contributed by atoms with Crippen LogP contribution in [0.25, 0.3) is 10.9 Å². The molecule has 2 nitrogen and oxygen atoms in total. The molecule has 0 amide bonds. The van der Waals surface area contributed by atoms with Gasteiger partial charge in [-0.15, -0.1) is 0 Å². The number of pyridine rings is 1. The predicted octanol–water partition coefficient (Wildman–Crippen LogP) is 4.26. The lowest BCUT2D eigenvalue weighted by molar-refractivity contribution is 0.290. The molecule has 0 fully saturated rings. The smallest absolute Gasteiger partial charge is 0.165 e. The molecule has 0 aliphatic carbocycles. The largest absolute Gasteiger partial charge is 0.486 e. The van der Waals surface area contributed by atoms with E-state index in [1.807, 2.05) is 37.3 Å². The fourth-order valence-corrected chi connectivity index (χ4v) is 2.10. The summed E-state index contributed by atoms with van der Waals surface area (Å²) in [5.41, 5.74) is 2.91. The summed E-state index contributed by atoms with van der Waals surface area (Å²) in [6.45, 7) is 2.25. The van der Waals surface area contributed by atoms with Gasteiger partial charge < -0.3 is 4.74 Å². The number of halogens is 1. The molecular formula is C17H14FNO. The van der Waals surface area contributed by atoms with Gasteiger partial charge in [-0.2, -0.15) is 0 Å². The molecule has 2 aromatic carbocycles. The van der Waals surface area contributed by atoms with Crippen LogP contribution in [0.4, 0.5) is 4.39 Å². The first-order chi connectivity index (χ1) is 9.72. The summed E-state index contributed by atoms with van der Waals surface area (Å²) in [6, 6.07) is 14.7. The number of benzene rings is 2. The van der Waals surface area contributed by atoms with E-state index in [4.69, 9.17) is 4.74 Å². The predicted molar refractivity (Wildman–Crippen MR) is 77.2 cm³/mol. The van der Waals surface area contributed by atoms with Crippen molar-refractivity contribution >= 4 is 10.9 Å². The van der Waals surface area contributed by atoms with Crippen molar-refractivity contribution in [1.82, 2.24) is 4.98 Å². The Bertz CT molecular complexity index is 755. The standard InChI is InChI=1S/C17H14FNO/c1-12-4-6-15(18)17(9-12)20-11-13-5-7-16-14(10-13)3-2-8-19-16/h2-10H,11H2,1H3. The third kappa shape index (κ3) is 2.62. The van der Waals surface area contributed by atoms with Crippen molar-refractivity contribution < 1.29 is 9.13 Å². The van der Waals surface area contributed by atoms with Crippen LogP contribution < -0.4 is 4.74 Å². The van der Waals surface area contributed by atoms with E-state index in [-0.39, 0.29) is 11.6 Å². The van der Waals surface area contributed by atoms with Crippen LogP contribution in [0.1, 0.15) is 11.1 Å². The Balaban J connectivity index is 1.81. The van der Waals surface area contributed by atoms with Crippen molar-refractivity contribution in [2.75, 3.05) is 0 Å². The Labute approximate surface area is 116 Å². The van der Waals surface area contributed by atoms with Crippen LogP contribution in [0.5, 0.6) is 5.75 Å². The summed E-state index contributed by atoms with van der Waals surface area (Å²) in [5, 5.41) is 1.05. The molecule has 0 aliphatic rings. The molecule has 0 saturated carbocycles. The molecule has 0 spiro atoms. The molecule has 0 unspecified atom stereocenters. The highest BCUT2D eigenvalue weighted by Crippen LogP contribution is 2.20. The Morgan fingerprint density at radius 3 is 2.90 bits per heavy atom. The molecule has 0 saturated heterocycles. The SMILES string of the molecule is Cc1ccc(F)c(OCc2ccc3ncccc3c2)c1. The number of nitrogens with zero attached hydrogens (tertiary/aromatic N) is 1. The van der Waals surface area contributed by atoms with Gasteiger partial charge >= 0.3 is 0 Å². The first-order valence-corrected chi connectivity index (χ1v) is 6.45. The summed E-state index contributed by atoms with van der Waals surface area (Å²) >= 11 is 0. The van der Waals surface area contributed by atoms with Crippen LogP contribution in [0.2, 0.25) is 0 Å². The minimum absolute atomic E-state index is 0.288. The fraction of sp³-hybridized carbons (Fsp3) is 0.118. The maximum absolute atomic E-state index is 13.6. The van der Waals surface area contributed by atoms with Crippen LogP contribution in [-0.2, 0) is 6.61 Å². The third-order valence-electron chi connectivity index (χ3n) is 3.15. The first kappa shape index (κ1) is 12.6. The zero-order valence-corrected chi connectivity index (χ0v) is 11.1. The van der Waals surface area contributed by atoms with Crippen molar-refractivity contribution in [3.63, 3.8) is 0 Å². The highest BCUT2D eigenvalue weighted by atomic mass is 19.1. The van der Waals surface area contributed by atoms with E-state index in [0.29, 0.717) is 6.61 Å². The third-order valence-corrected chi connectivity index (χ3v) is 3.15. The van der Waals surface area contributed by atoms with Crippen LogP contribution in [-0.4, -0.2) is 4.98 Å².